The minimum absolute atomic E-state index is 0.0772. The van der Waals surface area contributed by atoms with Gasteiger partial charge < -0.3 is 19.5 Å². The Morgan fingerprint density at radius 1 is 1.12 bits per heavy atom. The van der Waals surface area contributed by atoms with Crippen LogP contribution >= 0.6 is 11.6 Å². The lowest BCUT2D eigenvalue weighted by molar-refractivity contribution is -0.116. The van der Waals surface area contributed by atoms with Gasteiger partial charge in [-0.05, 0) is 43.7 Å². The molecule has 9 nitrogen and oxygen atoms in total. The fraction of sp³-hybridized carbons (Fsp3) is 0.364. The van der Waals surface area contributed by atoms with E-state index in [0.717, 1.165) is 6.26 Å². The smallest absolute Gasteiger partial charge is 0.339 e. The molecule has 0 fully saturated rings. The number of benzene rings is 2. The van der Waals surface area contributed by atoms with Crippen LogP contribution in [-0.4, -0.2) is 52.9 Å². The first kappa shape index (κ1) is 24.7. The second-order valence-corrected chi connectivity index (χ2v) is 9.54. The number of nitrogens with zero attached hydrogens (tertiary/aromatic N) is 1. The number of esters is 1. The summed E-state index contributed by atoms with van der Waals surface area (Å²) >= 11 is 6.11. The van der Waals surface area contributed by atoms with E-state index in [1.165, 1.54) is 16.4 Å². The molecule has 1 N–H and O–H groups in total. The maximum absolute atomic E-state index is 12.4. The predicted octanol–water partition coefficient (Wildman–Crippen LogP) is 3.47. The summed E-state index contributed by atoms with van der Waals surface area (Å²) in [6.07, 6.45) is 1.47. The summed E-state index contributed by atoms with van der Waals surface area (Å²) < 4.78 is 41.8. The molecule has 11 heteroatoms. The number of anilines is 2. The molecule has 0 aliphatic carbocycles. The Hall–Kier alpha value is -2.98. The molecule has 2 aromatic carbocycles. The Kier molecular flexibility index (Phi) is 8.04. The molecule has 2 aromatic rings. The van der Waals surface area contributed by atoms with Crippen molar-refractivity contribution in [1.29, 1.82) is 0 Å². The highest BCUT2D eigenvalue weighted by Gasteiger charge is 2.21. The molecule has 33 heavy (non-hydrogen) atoms. The van der Waals surface area contributed by atoms with E-state index in [1.807, 2.05) is 0 Å². The molecule has 1 amide bonds. The maximum atomic E-state index is 12.4. The first-order chi connectivity index (χ1) is 15.7. The summed E-state index contributed by atoms with van der Waals surface area (Å²) in [6, 6.07) is 9.41. The van der Waals surface area contributed by atoms with Gasteiger partial charge >= 0.3 is 5.97 Å². The van der Waals surface area contributed by atoms with Gasteiger partial charge in [0.05, 0.1) is 29.1 Å². The molecule has 0 spiro atoms. The Morgan fingerprint density at radius 3 is 2.52 bits per heavy atom. The van der Waals surface area contributed by atoms with Crippen LogP contribution < -0.4 is 19.1 Å². The van der Waals surface area contributed by atoms with Crippen LogP contribution in [0, 0.1) is 0 Å². The first-order valence-corrected chi connectivity index (χ1v) is 12.6. The fourth-order valence-corrected chi connectivity index (χ4v) is 4.46. The second kappa shape index (κ2) is 10.8. The molecule has 1 aliphatic heterocycles. The van der Waals surface area contributed by atoms with Crippen LogP contribution in [0.1, 0.15) is 30.1 Å². The molecule has 1 heterocycles. The average molecular weight is 497 g/mol. The number of sulfonamides is 1. The van der Waals surface area contributed by atoms with Crippen molar-refractivity contribution in [3.05, 3.63) is 47.0 Å². The molecule has 178 valence electrons. The van der Waals surface area contributed by atoms with Crippen LogP contribution in [-0.2, 0) is 19.6 Å². The van der Waals surface area contributed by atoms with Gasteiger partial charge in [-0.25, -0.2) is 13.2 Å². The monoisotopic (exact) mass is 496 g/mol. The maximum Gasteiger partial charge on any atom is 0.339 e. The minimum atomic E-state index is -3.58. The SMILES string of the molecule is CCOC(=O)c1ccc(NC(=O)CCCN(c2ccc3c(c2)OCCO3)S(C)(=O)=O)cc1Cl. The summed E-state index contributed by atoms with van der Waals surface area (Å²) in [5, 5.41) is 2.85. The molecule has 1 aliphatic rings. The highest BCUT2D eigenvalue weighted by Crippen LogP contribution is 2.34. The van der Waals surface area contributed by atoms with E-state index < -0.39 is 16.0 Å². The number of amides is 1. The van der Waals surface area contributed by atoms with Crippen molar-refractivity contribution in [2.75, 3.05) is 42.2 Å². The molecular weight excluding hydrogens is 472 g/mol. The van der Waals surface area contributed by atoms with Gasteiger partial charge in [-0.3, -0.25) is 9.10 Å². The fourth-order valence-electron chi connectivity index (χ4n) is 3.25. The summed E-state index contributed by atoms with van der Waals surface area (Å²) in [5.41, 5.74) is 1.06. The van der Waals surface area contributed by atoms with Crippen molar-refractivity contribution in [3.8, 4) is 11.5 Å². The van der Waals surface area contributed by atoms with Crippen molar-refractivity contribution >= 4 is 44.9 Å². The van der Waals surface area contributed by atoms with Gasteiger partial charge in [0.2, 0.25) is 15.9 Å². The van der Waals surface area contributed by atoms with Crippen LogP contribution in [0.2, 0.25) is 5.02 Å². The number of carbonyl (C=O) groups is 2. The Labute approximate surface area is 197 Å². The lowest BCUT2D eigenvalue weighted by atomic mass is 10.2. The van der Waals surface area contributed by atoms with Crippen LogP contribution in [0.4, 0.5) is 11.4 Å². The van der Waals surface area contributed by atoms with Crippen LogP contribution in [0.15, 0.2) is 36.4 Å². The zero-order valence-corrected chi connectivity index (χ0v) is 19.9. The summed E-state index contributed by atoms with van der Waals surface area (Å²) in [4.78, 5) is 24.2. The third-order valence-corrected chi connectivity index (χ3v) is 6.23. The molecule has 0 saturated carbocycles. The summed E-state index contributed by atoms with van der Waals surface area (Å²) in [6.45, 7) is 2.85. The van der Waals surface area contributed by atoms with E-state index in [9.17, 15) is 18.0 Å². The number of hydrogen-bond acceptors (Lipinski definition) is 7. The number of fused-ring (bicyclic) bond motifs is 1. The summed E-state index contributed by atoms with van der Waals surface area (Å²) in [5.74, 6) is 0.185. The van der Waals surface area contributed by atoms with Gasteiger partial charge in [0.15, 0.2) is 11.5 Å². The zero-order valence-electron chi connectivity index (χ0n) is 18.3. The molecule has 0 atom stereocenters. The number of carbonyl (C=O) groups excluding carboxylic acids is 2. The Bertz CT molecular complexity index is 1140. The third-order valence-electron chi connectivity index (χ3n) is 4.73. The lowest BCUT2D eigenvalue weighted by Gasteiger charge is -2.25. The molecule has 0 aromatic heterocycles. The first-order valence-electron chi connectivity index (χ1n) is 10.3. The number of rotatable bonds is 9. The summed E-state index contributed by atoms with van der Waals surface area (Å²) in [7, 11) is -3.58. The van der Waals surface area contributed by atoms with Gasteiger partial charge in [0.25, 0.3) is 0 Å². The van der Waals surface area contributed by atoms with Gasteiger partial charge in [0, 0.05) is 24.7 Å². The highest BCUT2D eigenvalue weighted by molar-refractivity contribution is 7.92. The van der Waals surface area contributed by atoms with Gasteiger partial charge in [-0.2, -0.15) is 0 Å². The number of ether oxygens (including phenoxy) is 3. The second-order valence-electron chi connectivity index (χ2n) is 7.23. The van der Waals surface area contributed by atoms with Crippen LogP contribution in [0.5, 0.6) is 11.5 Å². The largest absolute Gasteiger partial charge is 0.486 e. The van der Waals surface area contributed by atoms with Crippen molar-refractivity contribution in [3.63, 3.8) is 0 Å². The standard InChI is InChI=1S/C22H25ClN2O7S/c1-3-30-22(27)17-8-6-15(13-18(17)23)24-21(26)5-4-10-25(33(2,28)29)16-7-9-19-20(14-16)32-12-11-31-19/h6-9,13-14H,3-5,10-12H2,1-2H3,(H,24,26). The van der Waals surface area contributed by atoms with E-state index >= 15 is 0 Å². The molecule has 0 radical (unpaired) electrons. The van der Waals surface area contributed by atoms with Crippen molar-refractivity contribution in [1.82, 2.24) is 0 Å². The van der Waals surface area contributed by atoms with Crippen LogP contribution in [0.25, 0.3) is 0 Å². The van der Waals surface area contributed by atoms with E-state index in [1.54, 1.807) is 31.2 Å². The number of hydrogen-bond donors (Lipinski definition) is 1. The predicted molar refractivity (Wildman–Crippen MR) is 125 cm³/mol. The van der Waals surface area contributed by atoms with Crippen LogP contribution in [0.3, 0.4) is 0 Å². The topological polar surface area (TPSA) is 111 Å². The van der Waals surface area contributed by atoms with Crippen molar-refractivity contribution < 1.29 is 32.2 Å². The molecule has 0 unspecified atom stereocenters. The minimum Gasteiger partial charge on any atom is -0.486 e. The van der Waals surface area contributed by atoms with E-state index in [0.29, 0.717) is 36.1 Å². The Morgan fingerprint density at radius 2 is 1.85 bits per heavy atom. The van der Waals surface area contributed by atoms with E-state index in [4.69, 9.17) is 25.8 Å². The van der Waals surface area contributed by atoms with Gasteiger partial charge in [0.1, 0.15) is 13.2 Å². The van der Waals surface area contributed by atoms with Gasteiger partial charge in [-0.1, -0.05) is 11.6 Å². The average Bonchev–Trinajstić information content (AvgIpc) is 2.75. The van der Waals surface area contributed by atoms with E-state index in [-0.39, 0.29) is 42.5 Å². The molecule has 0 saturated heterocycles. The quantitative estimate of drug-likeness (QED) is 0.529. The third kappa shape index (κ3) is 6.52. The molecule has 3 rings (SSSR count). The van der Waals surface area contributed by atoms with E-state index in [2.05, 4.69) is 5.32 Å². The lowest BCUT2D eigenvalue weighted by Crippen LogP contribution is -2.31. The Balaban J connectivity index is 1.60. The zero-order chi connectivity index (χ0) is 24.0. The molecular formula is C22H25ClN2O7S. The number of nitrogens with one attached hydrogen (secondary N) is 1. The number of halogens is 1. The van der Waals surface area contributed by atoms with Crippen molar-refractivity contribution in [2.24, 2.45) is 0 Å². The normalized spacial score (nSPS) is 12.7. The molecule has 0 bridgehead atoms. The van der Waals surface area contributed by atoms with Gasteiger partial charge in [-0.15, -0.1) is 0 Å². The van der Waals surface area contributed by atoms with Crippen molar-refractivity contribution in [2.45, 2.75) is 19.8 Å². The highest BCUT2D eigenvalue weighted by atomic mass is 35.5.